The number of hydrogen-bond donors (Lipinski definition) is 3. The van der Waals surface area contributed by atoms with Crippen LogP contribution in [0.25, 0.3) is 5.65 Å². The van der Waals surface area contributed by atoms with E-state index in [-0.39, 0.29) is 30.0 Å². The van der Waals surface area contributed by atoms with Crippen LogP contribution in [0.4, 0.5) is 0 Å². The molecule has 7 heteroatoms. The second kappa shape index (κ2) is 6.95. The molecule has 0 aliphatic rings. The second-order valence-electron chi connectivity index (χ2n) is 6.18. The van der Waals surface area contributed by atoms with Crippen LogP contribution in [0.15, 0.2) is 10.9 Å². The first-order valence-corrected chi connectivity index (χ1v) is 7.81. The third kappa shape index (κ3) is 3.79. The van der Waals surface area contributed by atoms with Crippen LogP contribution in [0.2, 0.25) is 0 Å². The summed E-state index contributed by atoms with van der Waals surface area (Å²) in [5.41, 5.74) is 3.03. The van der Waals surface area contributed by atoms with Gasteiger partial charge in [0.25, 0.3) is 5.56 Å². The first-order chi connectivity index (χ1) is 10.8. The van der Waals surface area contributed by atoms with E-state index in [2.05, 4.69) is 15.4 Å². The summed E-state index contributed by atoms with van der Waals surface area (Å²) in [6.07, 6.45) is 0.840. The summed E-state index contributed by atoms with van der Waals surface area (Å²) in [5, 5.41) is 14.8. The zero-order valence-electron chi connectivity index (χ0n) is 14.0. The lowest BCUT2D eigenvalue weighted by Crippen LogP contribution is -2.41. The molecule has 2 rings (SSSR count). The van der Waals surface area contributed by atoms with E-state index >= 15 is 0 Å². The van der Waals surface area contributed by atoms with Crippen molar-refractivity contribution in [2.75, 3.05) is 6.61 Å². The van der Waals surface area contributed by atoms with Crippen LogP contribution in [0, 0.1) is 19.8 Å². The highest BCUT2D eigenvalue weighted by molar-refractivity contribution is 5.76. The van der Waals surface area contributed by atoms with Gasteiger partial charge < -0.3 is 10.4 Å². The van der Waals surface area contributed by atoms with Gasteiger partial charge in [-0.05, 0) is 31.7 Å². The molecule has 0 saturated carbocycles. The van der Waals surface area contributed by atoms with E-state index in [1.165, 1.54) is 6.07 Å². The number of aliphatic hydroxyl groups excluding tert-OH is 1. The monoisotopic (exact) mass is 320 g/mol. The Labute approximate surface area is 134 Å². The second-order valence-corrected chi connectivity index (χ2v) is 6.18. The van der Waals surface area contributed by atoms with E-state index in [4.69, 9.17) is 0 Å². The fourth-order valence-electron chi connectivity index (χ4n) is 2.66. The third-order valence-electron chi connectivity index (χ3n) is 4.15. The maximum atomic E-state index is 12.1. The maximum Gasteiger partial charge on any atom is 0.266 e. The van der Waals surface area contributed by atoms with Crippen LogP contribution in [0.5, 0.6) is 0 Å². The number of H-pyrrole nitrogens is 1. The first kappa shape index (κ1) is 17.2. The molecule has 0 bridgehead atoms. The van der Waals surface area contributed by atoms with Gasteiger partial charge in [-0.2, -0.15) is 0 Å². The molecule has 1 atom stereocenters. The molecule has 2 aromatic heterocycles. The number of nitrogens with one attached hydrogen (secondary N) is 2. The quantitative estimate of drug-likeness (QED) is 0.729. The van der Waals surface area contributed by atoms with Crippen molar-refractivity contribution >= 4 is 11.6 Å². The van der Waals surface area contributed by atoms with Gasteiger partial charge >= 0.3 is 0 Å². The fraction of sp³-hybridized carbons (Fsp3) is 0.562. The van der Waals surface area contributed by atoms with Gasteiger partial charge in [0.05, 0.1) is 12.6 Å². The van der Waals surface area contributed by atoms with E-state index in [9.17, 15) is 14.7 Å². The average Bonchev–Trinajstić information content (AvgIpc) is 2.84. The summed E-state index contributed by atoms with van der Waals surface area (Å²) >= 11 is 0. The molecule has 0 aromatic carbocycles. The number of aromatic amines is 1. The summed E-state index contributed by atoms with van der Waals surface area (Å²) in [6.45, 7) is 7.61. The molecule has 3 N–H and O–H groups in total. The number of aromatic nitrogens is 3. The Morgan fingerprint density at radius 3 is 2.74 bits per heavy atom. The molecule has 0 saturated heterocycles. The van der Waals surface area contributed by atoms with E-state index in [0.29, 0.717) is 18.5 Å². The van der Waals surface area contributed by atoms with Crippen LogP contribution < -0.4 is 10.9 Å². The minimum Gasteiger partial charge on any atom is -0.394 e. The van der Waals surface area contributed by atoms with Crippen LogP contribution in [-0.4, -0.2) is 38.3 Å². The van der Waals surface area contributed by atoms with E-state index in [1.54, 1.807) is 4.52 Å². The van der Waals surface area contributed by atoms with Crippen molar-refractivity contribution in [3.8, 4) is 0 Å². The van der Waals surface area contributed by atoms with Crippen molar-refractivity contribution in [2.45, 2.75) is 46.6 Å². The fourth-order valence-corrected chi connectivity index (χ4v) is 2.66. The summed E-state index contributed by atoms with van der Waals surface area (Å²) in [6, 6.07) is 1.22. The van der Waals surface area contributed by atoms with Gasteiger partial charge in [-0.25, -0.2) is 9.50 Å². The van der Waals surface area contributed by atoms with Crippen molar-refractivity contribution in [1.82, 2.24) is 19.9 Å². The molecule has 0 aliphatic heterocycles. The number of amides is 1. The number of rotatable bonds is 6. The van der Waals surface area contributed by atoms with Crippen LogP contribution >= 0.6 is 0 Å². The number of fused-ring (bicyclic) bond motifs is 1. The molecular weight excluding hydrogens is 296 g/mol. The molecule has 126 valence electrons. The van der Waals surface area contributed by atoms with Crippen molar-refractivity contribution in [2.24, 2.45) is 5.92 Å². The molecule has 0 fully saturated rings. The molecule has 0 spiro atoms. The number of carbonyl (C=O) groups is 1. The molecule has 0 radical (unpaired) electrons. The molecule has 1 amide bonds. The van der Waals surface area contributed by atoms with Gasteiger partial charge in [0.15, 0.2) is 5.65 Å². The van der Waals surface area contributed by atoms with Crippen molar-refractivity contribution in [3.63, 3.8) is 0 Å². The molecule has 7 nitrogen and oxygen atoms in total. The van der Waals surface area contributed by atoms with Gasteiger partial charge in [0.1, 0.15) is 0 Å². The molecule has 0 unspecified atom stereocenters. The normalized spacial score (nSPS) is 12.8. The Kier molecular flexibility index (Phi) is 5.20. The van der Waals surface area contributed by atoms with Gasteiger partial charge in [0.2, 0.25) is 5.91 Å². The van der Waals surface area contributed by atoms with Gasteiger partial charge in [-0.3, -0.25) is 14.7 Å². The highest BCUT2D eigenvalue weighted by Gasteiger charge is 2.16. The van der Waals surface area contributed by atoms with Crippen molar-refractivity contribution < 1.29 is 9.90 Å². The highest BCUT2D eigenvalue weighted by atomic mass is 16.3. The summed E-state index contributed by atoms with van der Waals surface area (Å²) in [7, 11) is 0. The number of carbonyl (C=O) groups excluding carboxylic acids is 1. The van der Waals surface area contributed by atoms with E-state index in [0.717, 1.165) is 17.0 Å². The Hall–Kier alpha value is -2.15. The number of aryl methyl sites for hydroxylation is 2. The molecule has 2 heterocycles. The minimum absolute atomic E-state index is 0.0699. The van der Waals surface area contributed by atoms with Crippen molar-refractivity contribution in [1.29, 1.82) is 0 Å². The predicted molar refractivity (Wildman–Crippen MR) is 87.5 cm³/mol. The van der Waals surface area contributed by atoms with Crippen LogP contribution in [0.3, 0.4) is 0 Å². The zero-order chi connectivity index (χ0) is 17.1. The lowest BCUT2D eigenvalue weighted by Gasteiger charge is -2.20. The topological polar surface area (TPSA) is 99.5 Å². The predicted octanol–water partition coefficient (Wildman–Crippen LogP) is 0.705. The Balaban J connectivity index is 2.13. The van der Waals surface area contributed by atoms with Gasteiger partial charge in [-0.15, -0.1) is 0 Å². The highest BCUT2D eigenvalue weighted by Crippen LogP contribution is 2.15. The van der Waals surface area contributed by atoms with Gasteiger partial charge in [0, 0.05) is 23.9 Å². The molecular formula is C16H24N4O3. The smallest absolute Gasteiger partial charge is 0.266 e. The lowest BCUT2D eigenvalue weighted by molar-refractivity contribution is -0.122. The molecule has 2 aromatic rings. The SMILES string of the molecule is Cc1nc2cc(=O)[nH]n2c(C)c1CCC(=O)N[C@H](CO)C(C)C. The number of nitrogens with zero attached hydrogens (tertiary/aromatic N) is 2. The average molecular weight is 320 g/mol. The third-order valence-corrected chi connectivity index (χ3v) is 4.15. The Morgan fingerprint density at radius 2 is 2.13 bits per heavy atom. The van der Waals surface area contributed by atoms with Crippen LogP contribution in [-0.2, 0) is 11.2 Å². The van der Waals surface area contributed by atoms with Crippen molar-refractivity contribution in [3.05, 3.63) is 33.4 Å². The number of hydrogen-bond acceptors (Lipinski definition) is 4. The largest absolute Gasteiger partial charge is 0.394 e. The zero-order valence-corrected chi connectivity index (χ0v) is 14.0. The van der Waals surface area contributed by atoms with E-state index in [1.807, 2.05) is 27.7 Å². The Morgan fingerprint density at radius 1 is 1.43 bits per heavy atom. The summed E-state index contributed by atoms with van der Waals surface area (Å²) in [4.78, 5) is 27.9. The number of aliphatic hydroxyl groups is 1. The summed E-state index contributed by atoms with van der Waals surface area (Å²) < 4.78 is 1.65. The minimum atomic E-state index is -0.230. The molecule has 0 aliphatic carbocycles. The summed E-state index contributed by atoms with van der Waals surface area (Å²) in [5.74, 6) is 0.0769. The Bertz CT molecular complexity index is 761. The lowest BCUT2D eigenvalue weighted by atomic mass is 10.0. The maximum absolute atomic E-state index is 12.1. The molecule has 23 heavy (non-hydrogen) atoms. The first-order valence-electron chi connectivity index (χ1n) is 7.81. The van der Waals surface area contributed by atoms with Gasteiger partial charge in [-0.1, -0.05) is 13.8 Å². The van der Waals surface area contributed by atoms with Crippen LogP contribution in [0.1, 0.15) is 37.2 Å². The van der Waals surface area contributed by atoms with E-state index < -0.39 is 0 Å². The standard InChI is InChI=1S/C16H24N4O3/c1-9(2)13(8-21)18-15(22)6-5-12-10(3)17-14-7-16(23)19-20(14)11(12)4/h7,9,13,21H,5-6,8H2,1-4H3,(H,18,22)(H,19,23)/t13-/m1/s1.